The Balaban J connectivity index is 4.57. The molecule has 0 heterocycles. The van der Waals surface area contributed by atoms with Crippen LogP contribution >= 0.6 is 7.60 Å². The van der Waals surface area contributed by atoms with Gasteiger partial charge in [0.05, 0.1) is 19.8 Å². The van der Waals surface area contributed by atoms with Gasteiger partial charge in [-0.05, 0) is 32.0 Å². The minimum Gasteiger partial charge on any atom is -0.406 e. The van der Waals surface area contributed by atoms with Crippen LogP contribution < -0.4 is 0 Å². The Morgan fingerprint density at radius 1 is 1.11 bits per heavy atom. The molecule has 0 amide bonds. The summed E-state index contributed by atoms with van der Waals surface area (Å²) in [6.45, 7) is 15.2. The monoisotopic (exact) mass is 306 g/mol. The van der Waals surface area contributed by atoms with Crippen molar-refractivity contribution in [2.45, 2.75) is 52.8 Å². The first-order valence-corrected chi connectivity index (χ1v) is 11.1. The van der Waals surface area contributed by atoms with Crippen LogP contribution in [0.25, 0.3) is 0 Å². The Morgan fingerprint density at radius 2 is 1.58 bits per heavy atom. The molecule has 0 aromatic heterocycles. The van der Waals surface area contributed by atoms with Crippen molar-refractivity contribution in [3.63, 3.8) is 0 Å². The molecule has 6 heteroatoms. The molecular formula is C13H27O4PSi. The normalized spacial score (nSPS) is 13.0. The average Bonchev–Trinajstić information content (AvgIpc) is 2.23. The maximum atomic E-state index is 12.1. The van der Waals surface area contributed by atoms with E-state index in [-0.39, 0.29) is 11.6 Å². The van der Waals surface area contributed by atoms with E-state index in [1.807, 2.05) is 0 Å². The van der Waals surface area contributed by atoms with Gasteiger partial charge in [0.25, 0.3) is 0 Å². The third-order valence-corrected chi connectivity index (χ3v) is 9.23. The number of hydrogen-bond donors (Lipinski definition) is 0. The second-order valence-electron chi connectivity index (χ2n) is 5.67. The maximum absolute atomic E-state index is 12.1. The van der Waals surface area contributed by atoms with E-state index in [1.54, 1.807) is 13.8 Å². The Bertz CT molecular complexity index is 366. The summed E-state index contributed by atoms with van der Waals surface area (Å²) >= 11 is 0. The molecule has 0 fully saturated rings. The summed E-state index contributed by atoms with van der Waals surface area (Å²) in [6, 6.07) is 0. The zero-order valence-electron chi connectivity index (χ0n) is 13.2. The Labute approximate surface area is 118 Å². The summed E-state index contributed by atoms with van der Waals surface area (Å²) in [4.78, 5) is 0. The third-order valence-electron chi connectivity index (χ3n) is 3.13. The first-order valence-electron chi connectivity index (χ1n) is 6.61. The van der Waals surface area contributed by atoms with Gasteiger partial charge in [-0.2, -0.15) is 0 Å². The molecule has 0 N–H and O–H groups in total. The van der Waals surface area contributed by atoms with Crippen molar-refractivity contribution in [1.82, 2.24) is 0 Å². The summed E-state index contributed by atoms with van der Waals surface area (Å²) in [6.07, 6.45) is 0. The van der Waals surface area contributed by atoms with Crippen LogP contribution in [0.1, 0.15) is 34.6 Å². The van der Waals surface area contributed by atoms with Crippen molar-refractivity contribution < 1.29 is 18.0 Å². The lowest BCUT2D eigenvalue weighted by molar-refractivity contribution is 0.230. The molecule has 19 heavy (non-hydrogen) atoms. The molecule has 0 aliphatic heterocycles. The first kappa shape index (κ1) is 18.9. The fraction of sp³-hybridized carbons (Fsp3) is 0.846. The van der Waals surface area contributed by atoms with Gasteiger partial charge in [-0.25, -0.2) is 4.57 Å². The molecule has 0 aliphatic carbocycles. The zero-order chi connectivity index (χ0) is 15.2. The molecule has 0 bridgehead atoms. The van der Waals surface area contributed by atoms with Gasteiger partial charge in [-0.15, -0.1) is 0 Å². The lowest BCUT2D eigenvalue weighted by atomic mass is 10.2. The second-order valence-corrected chi connectivity index (χ2v) is 12.2. The summed E-state index contributed by atoms with van der Waals surface area (Å²) in [7, 11) is -5.08. The molecule has 112 valence electrons. The maximum Gasteiger partial charge on any atom is 0.405 e. The average molecular weight is 306 g/mol. The van der Waals surface area contributed by atoms with Crippen LogP contribution in [0.5, 0.6) is 0 Å². The van der Waals surface area contributed by atoms with Crippen LogP contribution in [-0.2, 0) is 18.0 Å². The van der Waals surface area contributed by atoms with Gasteiger partial charge in [0.1, 0.15) is 0 Å². The van der Waals surface area contributed by atoms with E-state index < -0.39 is 15.9 Å². The fourth-order valence-corrected chi connectivity index (χ4v) is 3.01. The first-order chi connectivity index (χ1) is 8.58. The molecule has 0 rings (SSSR count). The van der Waals surface area contributed by atoms with Crippen molar-refractivity contribution in [3.8, 4) is 11.6 Å². The highest BCUT2D eigenvalue weighted by molar-refractivity contribution is 7.59. The summed E-state index contributed by atoms with van der Waals surface area (Å²) in [5, 5.41) is 0.137. The van der Waals surface area contributed by atoms with Crippen LogP contribution in [0.4, 0.5) is 0 Å². The fourth-order valence-electron chi connectivity index (χ4n) is 1.00. The summed E-state index contributed by atoms with van der Waals surface area (Å²) in [5.74, 6) is 2.77. The van der Waals surface area contributed by atoms with Gasteiger partial charge in [-0.1, -0.05) is 26.7 Å². The van der Waals surface area contributed by atoms with Gasteiger partial charge < -0.3 is 4.43 Å². The van der Waals surface area contributed by atoms with E-state index in [4.69, 9.17) is 13.5 Å². The standard InChI is InChI=1S/C13H27O4PSi/c1-8-15-18(14,16-9-2)12-10-11-17-19(6,7)13(3,4)5/h8-9,11H2,1-7H3. The predicted octanol–water partition coefficient (Wildman–Crippen LogP) is 4.24. The molecule has 0 atom stereocenters. The molecule has 0 saturated heterocycles. The van der Waals surface area contributed by atoms with Gasteiger partial charge in [0, 0.05) is 5.66 Å². The van der Waals surface area contributed by atoms with Crippen LogP contribution in [-0.4, -0.2) is 28.1 Å². The highest BCUT2D eigenvalue weighted by Gasteiger charge is 2.36. The van der Waals surface area contributed by atoms with E-state index in [9.17, 15) is 4.57 Å². The SMILES string of the molecule is CCOP(=O)(C#CCO[Si](C)(C)C(C)(C)C)OCC. The largest absolute Gasteiger partial charge is 0.406 e. The van der Waals surface area contributed by atoms with Crippen molar-refractivity contribution in [3.05, 3.63) is 0 Å². The molecule has 0 unspecified atom stereocenters. The van der Waals surface area contributed by atoms with Crippen molar-refractivity contribution in [1.29, 1.82) is 0 Å². The number of hydrogen-bond acceptors (Lipinski definition) is 4. The highest BCUT2D eigenvalue weighted by atomic mass is 31.2. The van der Waals surface area contributed by atoms with Crippen LogP contribution in [0, 0.1) is 11.6 Å². The molecule has 4 nitrogen and oxygen atoms in total. The van der Waals surface area contributed by atoms with Gasteiger partial charge in [0.2, 0.25) is 0 Å². The van der Waals surface area contributed by atoms with Crippen LogP contribution in [0.3, 0.4) is 0 Å². The van der Waals surface area contributed by atoms with E-state index in [0.29, 0.717) is 13.2 Å². The van der Waals surface area contributed by atoms with Gasteiger partial charge in [-0.3, -0.25) is 9.05 Å². The Hall–Kier alpha value is -0.113. The minimum absolute atomic E-state index is 0.137. The second kappa shape index (κ2) is 7.61. The highest BCUT2D eigenvalue weighted by Crippen LogP contribution is 2.46. The minimum atomic E-state index is -3.27. The van der Waals surface area contributed by atoms with Crippen LogP contribution in [0.15, 0.2) is 0 Å². The van der Waals surface area contributed by atoms with Crippen LogP contribution in [0.2, 0.25) is 18.1 Å². The molecule has 0 spiro atoms. The van der Waals surface area contributed by atoms with Gasteiger partial charge >= 0.3 is 7.60 Å². The number of rotatable bonds is 6. The van der Waals surface area contributed by atoms with E-state index in [0.717, 1.165) is 0 Å². The lowest BCUT2D eigenvalue weighted by Gasteiger charge is -2.35. The third kappa shape index (κ3) is 6.74. The molecular weight excluding hydrogens is 279 g/mol. The zero-order valence-corrected chi connectivity index (χ0v) is 15.1. The lowest BCUT2D eigenvalue weighted by Crippen LogP contribution is -2.40. The molecule has 0 aromatic carbocycles. The van der Waals surface area contributed by atoms with E-state index >= 15 is 0 Å². The van der Waals surface area contributed by atoms with Crippen molar-refractivity contribution in [2.24, 2.45) is 0 Å². The smallest absolute Gasteiger partial charge is 0.405 e. The summed E-state index contributed by atoms with van der Waals surface area (Å²) in [5.41, 5.74) is 2.58. The van der Waals surface area contributed by atoms with Crippen molar-refractivity contribution in [2.75, 3.05) is 19.8 Å². The molecule has 0 radical (unpaired) electrons. The Morgan fingerprint density at radius 3 is 1.95 bits per heavy atom. The summed E-state index contributed by atoms with van der Waals surface area (Å²) < 4.78 is 28.1. The Kier molecular flexibility index (Phi) is 7.57. The molecule has 0 saturated carbocycles. The molecule has 0 aliphatic rings. The van der Waals surface area contributed by atoms with Gasteiger partial charge in [0.15, 0.2) is 8.32 Å². The molecule has 0 aromatic rings. The van der Waals surface area contributed by atoms with E-state index in [1.165, 1.54) is 0 Å². The topological polar surface area (TPSA) is 44.8 Å². The van der Waals surface area contributed by atoms with E-state index in [2.05, 4.69) is 45.4 Å². The quantitative estimate of drug-likeness (QED) is 0.418. The predicted molar refractivity (Wildman–Crippen MR) is 81.8 cm³/mol. The van der Waals surface area contributed by atoms with Crippen molar-refractivity contribution >= 4 is 15.9 Å².